The molecular weight excluding hydrogens is 1200 g/mol. The van der Waals surface area contributed by atoms with E-state index < -0.39 is 154 Å². The van der Waals surface area contributed by atoms with Crippen molar-refractivity contribution >= 4 is 76.6 Å². The summed E-state index contributed by atoms with van der Waals surface area (Å²) in [5.74, 6) is -7.18. The Balaban J connectivity index is 1.37. The zero-order chi connectivity index (χ0) is 67.9. The largest absolute Gasteiger partial charge is 0.417 e. The lowest BCUT2D eigenvalue weighted by Gasteiger charge is -2.45. The minimum atomic E-state index is -4.74. The van der Waals surface area contributed by atoms with Crippen molar-refractivity contribution in [3.8, 4) is 0 Å². The van der Waals surface area contributed by atoms with Crippen LogP contribution in [0.25, 0.3) is 0 Å². The topological polar surface area (TPSA) is 241 Å². The van der Waals surface area contributed by atoms with Gasteiger partial charge in [-0.1, -0.05) is 82.9 Å². The summed E-state index contributed by atoms with van der Waals surface area (Å²) < 4.78 is 41.4. The summed E-state index contributed by atoms with van der Waals surface area (Å²) in [5.41, 5.74) is -2.38. The van der Waals surface area contributed by atoms with E-state index in [1.165, 1.54) is 101 Å². The molecule has 2 N–H and O–H groups in total. The fraction of sp³-hybridized carbons (Fsp3) is 0.738. The lowest BCUT2D eigenvalue weighted by Crippen LogP contribution is -2.65. The Morgan fingerprint density at radius 3 is 1.82 bits per heavy atom. The molecule has 2 saturated carbocycles. The number of halogens is 4. The van der Waals surface area contributed by atoms with Crippen LogP contribution in [0.4, 0.5) is 13.2 Å². The quantitative estimate of drug-likeness (QED) is 0.336. The molecular formula is C65H99ClF3N11O11. The van der Waals surface area contributed by atoms with Crippen LogP contribution in [0.2, 0.25) is 5.02 Å². The van der Waals surface area contributed by atoms with Crippen molar-refractivity contribution in [3.63, 3.8) is 0 Å². The number of likely N-dealkylation sites (N-methyl/N-ethyl adjacent to an activating group) is 7. The zero-order valence-corrected chi connectivity index (χ0v) is 56.6. The molecule has 6 rings (SSSR count). The predicted molar refractivity (Wildman–Crippen MR) is 335 cm³/mol. The van der Waals surface area contributed by atoms with E-state index >= 15 is 9.59 Å². The van der Waals surface area contributed by atoms with Gasteiger partial charge in [-0.15, -0.1) is 0 Å². The second-order valence-corrected chi connectivity index (χ2v) is 27.3. The fourth-order valence-corrected chi connectivity index (χ4v) is 13.8. The van der Waals surface area contributed by atoms with E-state index in [-0.39, 0.29) is 63.5 Å². The van der Waals surface area contributed by atoms with Crippen LogP contribution in [0.15, 0.2) is 18.2 Å². The highest BCUT2D eigenvalue weighted by molar-refractivity contribution is 6.31. The van der Waals surface area contributed by atoms with Crippen molar-refractivity contribution in [1.29, 1.82) is 0 Å². The highest BCUT2D eigenvalue weighted by atomic mass is 35.5. The first kappa shape index (κ1) is 73.5. The van der Waals surface area contributed by atoms with Crippen LogP contribution in [-0.2, 0) is 65.3 Å². The second kappa shape index (κ2) is 30.9. The highest BCUT2D eigenvalue weighted by Gasteiger charge is 2.50. The lowest BCUT2D eigenvalue weighted by atomic mass is 9.84. The average molecular weight is 1300 g/mol. The molecule has 26 heteroatoms. The predicted octanol–water partition coefficient (Wildman–Crippen LogP) is 5.35. The molecule has 3 aliphatic heterocycles. The van der Waals surface area contributed by atoms with Crippen molar-refractivity contribution < 1.29 is 65.9 Å². The maximum atomic E-state index is 15.1. The van der Waals surface area contributed by atoms with Crippen LogP contribution < -0.4 is 10.6 Å². The molecule has 1 aromatic rings. The molecule has 91 heavy (non-hydrogen) atoms. The van der Waals surface area contributed by atoms with Crippen molar-refractivity contribution in [2.75, 3.05) is 69.0 Å². The zero-order valence-electron chi connectivity index (χ0n) is 55.8. The summed E-state index contributed by atoms with van der Waals surface area (Å²) in [7, 11) is 10.2. The molecule has 1 aromatic carbocycles. The van der Waals surface area contributed by atoms with E-state index in [1.807, 2.05) is 6.92 Å². The van der Waals surface area contributed by atoms with Crippen LogP contribution in [-0.4, -0.2) is 238 Å². The first-order chi connectivity index (χ1) is 42.6. The molecule has 5 aliphatic rings. The number of carbonyl (C=O) groups is 11. The molecule has 3 saturated heterocycles. The summed E-state index contributed by atoms with van der Waals surface area (Å²) in [6, 6.07) is -6.59. The van der Waals surface area contributed by atoms with E-state index in [9.17, 15) is 56.3 Å². The number of nitrogens with one attached hydrogen (secondary N) is 2. The molecule has 0 aromatic heterocycles. The number of amides is 11. The Bertz CT molecular complexity index is 2870. The Morgan fingerprint density at radius 1 is 0.637 bits per heavy atom. The first-order valence-corrected chi connectivity index (χ1v) is 32.9. The summed E-state index contributed by atoms with van der Waals surface area (Å²) >= 11 is 6.13. The first-order valence-electron chi connectivity index (χ1n) is 32.5. The van der Waals surface area contributed by atoms with Crippen molar-refractivity contribution in [1.82, 2.24) is 54.7 Å². The number of aryl methyl sites for hydroxylation is 1. The Hall–Kier alpha value is -6.53. The molecule has 0 radical (unpaired) electrons. The maximum Gasteiger partial charge on any atom is 0.417 e. The third-order valence-electron chi connectivity index (χ3n) is 20.7. The third-order valence-corrected chi connectivity index (χ3v) is 21.0. The van der Waals surface area contributed by atoms with E-state index in [0.29, 0.717) is 31.2 Å². The number of nitrogens with zero attached hydrogens (tertiary/aromatic N) is 9. The summed E-state index contributed by atoms with van der Waals surface area (Å²) in [6.07, 6.45) is 3.51. The molecule has 11 amide bonds. The lowest BCUT2D eigenvalue weighted by molar-refractivity contribution is -0.160. The number of hydrogen-bond donors (Lipinski definition) is 2. The van der Waals surface area contributed by atoms with Crippen molar-refractivity contribution in [2.24, 2.45) is 17.8 Å². The molecule has 1 unspecified atom stereocenters. The molecule has 5 fully saturated rings. The third kappa shape index (κ3) is 16.8. The number of alkyl halides is 3. The van der Waals surface area contributed by atoms with Crippen molar-refractivity contribution in [2.45, 2.75) is 224 Å². The van der Waals surface area contributed by atoms with E-state index in [4.69, 9.17) is 11.6 Å². The van der Waals surface area contributed by atoms with Gasteiger partial charge in [-0.3, -0.25) is 52.7 Å². The van der Waals surface area contributed by atoms with Crippen LogP contribution in [0.1, 0.15) is 162 Å². The number of hydrogen-bond acceptors (Lipinski definition) is 11. The van der Waals surface area contributed by atoms with Gasteiger partial charge >= 0.3 is 6.18 Å². The van der Waals surface area contributed by atoms with Crippen molar-refractivity contribution in [3.05, 3.63) is 34.3 Å². The highest BCUT2D eigenvalue weighted by Crippen LogP contribution is 2.37. The smallest absolute Gasteiger partial charge is 0.343 e. The maximum absolute atomic E-state index is 15.1. The standard InChI is InChI=1S/C65H99ClF3N11O11/c1-15-38(2)53-61(89)75(11)41(5)56(84)80-33-31-49(80)59(87)76(12)50(36-42-22-17-16-18-23-42)58(86)72(8)37-51(81)70-47(30-28-43-27-29-45(46(66)35-43)65(67,68)69)57(85)79-32-21-26-48(79)60(88)78(14)64(6,7)63(91)77(13)54(44-24-19-20-25-44)62(90)73(9)39(3)34-52(82)74(10)40(4)55(83)71-53/h27,29,35,38-42,44,47-50,53-54H,15-26,28,30-34,36-37H2,1-14H3,(H,70,81)(H,71,83)/t38-,39+,40-,41-,47-,48-,49-,50-,53-,54?/m0/s1. The summed E-state index contributed by atoms with van der Waals surface area (Å²) in [4.78, 5) is 173. The molecule has 2 aliphatic carbocycles. The summed E-state index contributed by atoms with van der Waals surface area (Å²) in [5, 5.41) is 5.04. The molecule has 0 bridgehead atoms. The molecule has 10 atom stereocenters. The van der Waals surface area contributed by atoms with Gasteiger partial charge in [0.05, 0.1) is 17.1 Å². The number of carbonyl (C=O) groups excluding carboxylic acids is 11. The van der Waals surface area contributed by atoms with E-state index in [2.05, 4.69) is 10.6 Å². The number of rotatable bonds is 8. The van der Waals surface area contributed by atoms with Gasteiger partial charge < -0.3 is 54.7 Å². The molecule has 22 nitrogen and oxygen atoms in total. The minimum Gasteiger partial charge on any atom is -0.343 e. The van der Waals surface area contributed by atoms with Gasteiger partial charge in [0.15, 0.2) is 0 Å². The van der Waals surface area contributed by atoms with Crippen LogP contribution in [0.5, 0.6) is 0 Å². The summed E-state index contributed by atoms with van der Waals surface area (Å²) in [6.45, 7) is 11.1. The van der Waals surface area contributed by atoms with Crippen LogP contribution in [0.3, 0.4) is 0 Å². The minimum absolute atomic E-state index is 0.0388. The molecule has 3 heterocycles. The van der Waals surface area contributed by atoms with Gasteiger partial charge in [-0.05, 0) is 121 Å². The molecule has 508 valence electrons. The fourth-order valence-electron chi connectivity index (χ4n) is 13.5. The SMILES string of the molecule is CC[C@H](C)[C@@H]1NC(=O)[C@H](C)N(C)C(=O)C[C@@H](C)N(C)C(=O)C(C2CCCC2)N(C)C(=O)C(C)(C)N(C)C(=O)[C@@H]2CCCN2C(=O)[C@H](CCc2ccc(C(F)(F)F)c(Cl)c2)NC(=O)CN(C)C(=O)[C@H](CC2CCCCC2)N(C)C(=O)[C@@H]2CCN2C(=O)[C@H](C)N(C)C1=O. The van der Waals surface area contributed by atoms with Crippen LogP contribution >= 0.6 is 11.6 Å². The van der Waals surface area contributed by atoms with Gasteiger partial charge in [-0.2, -0.15) is 13.2 Å². The van der Waals surface area contributed by atoms with Crippen LogP contribution in [0, 0.1) is 17.8 Å². The Morgan fingerprint density at radius 2 is 1.24 bits per heavy atom. The number of fused-ring (bicyclic) bond motifs is 2. The number of benzene rings is 1. The average Bonchev–Trinajstić information content (AvgIpc) is 1.60. The Kier molecular flexibility index (Phi) is 25.0. The van der Waals surface area contributed by atoms with Gasteiger partial charge in [0.2, 0.25) is 65.0 Å². The normalized spacial score (nSPS) is 28.7. The van der Waals surface area contributed by atoms with Gasteiger partial charge in [0.25, 0.3) is 0 Å². The monoisotopic (exact) mass is 1300 g/mol. The molecule has 0 spiro atoms. The Labute approximate surface area is 539 Å². The van der Waals surface area contributed by atoms with E-state index in [0.717, 1.165) is 62.0 Å². The van der Waals surface area contributed by atoms with Gasteiger partial charge in [-0.25, -0.2) is 0 Å². The second-order valence-electron chi connectivity index (χ2n) is 26.9. The van der Waals surface area contributed by atoms with E-state index in [1.54, 1.807) is 34.7 Å². The van der Waals surface area contributed by atoms with Gasteiger partial charge in [0.1, 0.15) is 53.9 Å². The van der Waals surface area contributed by atoms with Gasteiger partial charge in [0, 0.05) is 74.9 Å².